The maximum absolute atomic E-state index is 13.1. The summed E-state index contributed by atoms with van der Waals surface area (Å²) < 4.78 is 13.1. The number of carboxylic acid groups (broad SMARTS) is 1. The SMILES string of the molecule is N#Cc1ccc(C[C@@H](NC(=O)Cc2cccc(F)c2)C(=O)O)cc1. The van der Waals surface area contributed by atoms with Crippen molar-refractivity contribution in [2.45, 2.75) is 18.9 Å². The minimum Gasteiger partial charge on any atom is -0.480 e. The van der Waals surface area contributed by atoms with E-state index in [-0.39, 0.29) is 12.8 Å². The number of carboxylic acids is 1. The van der Waals surface area contributed by atoms with E-state index in [0.717, 1.165) is 0 Å². The zero-order chi connectivity index (χ0) is 17.5. The minimum absolute atomic E-state index is 0.0932. The molecule has 0 aliphatic carbocycles. The van der Waals surface area contributed by atoms with Crippen LogP contribution in [0.3, 0.4) is 0 Å². The van der Waals surface area contributed by atoms with Gasteiger partial charge in [-0.05, 0) is 35.4 Å². The standard InChI is InChI=1S/C18H15FN2O3/c19-15-3-1-2-14(8-15)10-17(22)21-16(18(23)24)9-12-4-6-13(11-20)7-5-12/h1-8,16H,9-10H2,(H,21,22)(H,23,24)/t16-/m1/s1. The van der Waals surface area contributed by atoms with E-state index in [1.807, 2.05) is 6.07 Å². The van der Waals surface area contributed by atoms with Gasteiger partial charge in [0, 0.05) is 6.42 Å². The highest BCUT2D eigenvalue weighted by atomic mass is 19.1. The Hall–Kier alpha value is -3.20. The first-order chi connectivity index (χ1) is 11.5. The van der Waals surface area contributed by atoms with Crippen LogP contribution < -0.4 is 5.32 Å². The zero-order valence-corrected chi connectivity index (χ0v) is 12.7. The fraction of sp³-hybridized carbons (Fsp3) is 0.167. The quantitative estimate of drug-likeness (QED) is 0.850. The van der Waals surface area contributed by atoms with Gasteiger partial charge in [0.25, 0.3) is 0 Å². The first kappa shape index (κ1) is 17.2. The molecule has 0 spiro atoms. The first-order valence-corrected chi connectivity index (χ1v) is 7.23. The summed E-state index contributed by atoms with van der Waals surface area (Å²) in [6, 6.07) is 12.9. The van der Waals surface area contributed by atoms with Crippen LogP contribution >= 0.6 is 0 Å². The molecule has 1 amide bonds. The molecule has 0 saturated heterocycles. The third-order valence-electron chi connectivity index (χ3n) is 3.41. The van der Waals surface area contributed by atoms with Crippen LogP contribution in [0.25, 0.3) is 0 Å². The van der Waals surface area contributed by atoms with Crippen molar-refractivity contribution in [3.05, 3.63) is 71.0 Å². The summed E-state index contributed by atoms with van der Waals surface area (Å²) in [6.45, 7) is 0. The Labute approximate surface area is 138 Å². The van der Waals surface area contributed by atoms with Crippen LogP contribution in [0.15, 0.2) is 48.5 Å². The molecule has 1 atom stereocenters. The van der Waals surface area contributed by atoms with Crippen molar-refractivity contribution in [3.8, 4) is 6.07 Å². The van der Waals surface area contributed by atoms with Crippen molar-refractivity contribution in [3.63, 3.8) is 0 Å². The lowest BCUT2D eigenvalue weighted by atomic mass is 10.0. The van der Waals surface area contributed by atoms with Gasteiger partial charge in [0.1, 0.15) is 11.9 Å². The molecule has 6 heteroatoms. The molecule has 122 valence electrons. The molecule has 0 bridgehead atoms. The third-order valence-corrected chi connectivity index (χ3v) is 3.41. The highest BCUT2D eigenvalue weighted by Crippen LogP contribution is 2.08. The highest BCUT2D eigenvalue weighted by Gasteiger charge is 2.20. The summed E-state index contributed by atoms with van der Waals surface area (Å²) in [6.07, 6.45) is -0.00908. The molecular weight excluding hydrogens is 311 g/mol. The molecule has 2 N–H and O–H groups in total. The number of rotatable bonds is 6. The van der Waals surface area contributed by atoms with Crippen molar-refractivity contribution >= 4 is 11.9 Å². The number of nitrogens with zero attached hydrogens (tertiary/aromatic N) is 1. The van der Waals surface area contributed by atoms with Gasteiger partial charge in [0.2, 0.25) is 5.91 Å². The molecule has 0 unspecified atom stereocenters. The van der Waals surface area contributed by atoms with E-state index in [4.69, 9.17) is 5.26 Å². The number of carbonyl (C=O) groups is 2. The van der Waals surface area contributed by atoms with Crippen LogP contribution in [0.5, 0.6) is 0 Å². The van der Waals surface area contributed by atoms with Gasteiger partial charge in [0.05, 0.1) is 18.1 Å². The highest BCUT2D eigenvalue weighted by molar-refractivity contribution is 5.85. The second-order valence-electron chi connectivity index (χ2n) is 5.28. The Bertz CT molecular complexity index is 782. The molecule has 2 aromatic rings. The molecule has 2 rings (SSSR count). The summed E-state index contributed by atoms with van der Waals surface area (Å²) in [5, 5.41) is 20.5. The molecule has 0 saturated carbocycles. The van der Waals surface area contributed by atoms with Gasteiger partial charge in [-0.2, -0.15) is 5.26 Å². The van der Waals surface area contributed by atoms with E-state index in [1.54, 1.807) is 30.3 Å². The van der Waals surface area contributed by atoms with E-state index in [2.05, 4.69) is 5.32 Å². The number of nitriles is 1. The lowest BCUT2D eigenvalue weighted by Crippen LogP contribution is -2.43. The van der Waals surface area contributed by atoms with Crippen molar-refractivity contribution in [1.82, 2.24) is 5.32 Å². The summed E-state index contributed by atoms with van der Waals surface area (Å²) in [5.41, 5.74) is 1.63. The van der Waals surface area contributed by atoms with Gasteiger partial charge in [-0.15, -0.1) is 0 Å². The first-order valence-electron chi connectivity index (χ1n) is 7.23. The molecule has 0 aliphatic rings. The fourth-order valence-electron chi connectivity index (χ4n) is 2.23. The number of hydrogen-bond acceptors (Lipinski definition) is 3. The lowest BCUT2D eigenvalue weighted by molar-refractivity contribution is -0.141. The van der Waals surface area contributed by atoms with Gasteiger partial charge < -0.3 is 10.4 Å². The number of benzene rings is 2. The largest absolute Gasteiger partial charge is 0.480 e. The average Bonchev–Trinajstić information content (AvgIpc) is 2.54. The lowest BCUT2D eigenvalue weighted by Gasteiger charge is -2.15. The van der Waals surface area contributed by atoms with E-state index in [9.17, 15) is 19.1 Å². The average molecular weight is 326 g/mol. The van der Waals surface area contributed by atoms with Gasteiger partial charge in [-0.25, -0.2) is 9.18 Å². The number of amides is 1. The summed E-state index contributed by atoms with van der Waals surface area (Å²) >= 11 is 0. The van der Waals surface area contributed by atoms with Gasteiger partial charge in [-0.3, -0.25) is 4.79 Å². The fourth-order valence-corrected chi connectivity index (χ4v) is 2.23. The van der Waals surface area contributed by atoms with Gasteiger partial charge in [-0.1, -0.05) is 24.3 Å². The van der Waals surface area contributed by atoms with E-state index in [1.165, 1.54) is 18.2 Å². The molecule has 24 heavy (non-hydrogen) atoms. The van der Waals surface area contributed by atoms with Crippen LogP contribution in [0.2, 0.25) is 0 Å². The normalized spacial score (nSPS) is 11.3. The number of halogens is 1. The molecule has 0 heterocycles. The number of hydrogen-bond donors (Lipinski definition) is 2. The molecule has 2 aromatic carbocycles. The predicted octanol–water partition coefficient (Wildman–Crippen LogP) is 2.05. The van der Waals surface area contributed by atoms with Crippen molar-refractivity contribution < 1.29 is 19.1 Å². The monoisotopic (exact) mass is 326 g/mol. The Balaban J connectivity index is 2.01. The third kappa shape index (κ3) is 4.92. The second kappa shape index (κ2) is 7.88. The van der Waals surface area contributed by atoms with E-state index >= 15 is 0 Å². The summed E-state index contributed by atoms with van der Waals surface area (Å²) in [5.74, 6) is -2.11. The maximum Gasteiger partial charge on any atom is 0.326 e. The predicted molar refractivity (Wildman–Crippen MR) is 84.5 cm³/mol. The van der Waals surface area contributed by atoms with Crippen molar-refractivity contribution in [2.75, 3.05) is 0 Å². The van der Waals surface area contributed by atoms with Gasteiger partial charge in [0.15, 0.2) is 0 Å². The van der Waals surface area contributed by atoms with Crippen LogP contribution in [0.4, 0.5) is 4.39 Å². The van der Waals surface area contributed by atoms with Gasteiger partial charge >= 0.3 is 5.97 Å². The Morgan fingerprint density at radius 2 is 1.88 bits per heavy atom. The number of aliphatic carboxylic acids is 1. The molecular formula is C18H15FN2O3. The molecule has 5 nitrogen and oxygen atoms in total. The van der Waals surface area contributed by atoms with Crippen LogP contribution in [0.1, 0.15) is 16.7 Å². The molecule has 0 aromatic heterocycles. The minimum atomic E-state index is -1.16. The van der Waals surface area contributed by atoms with Crippen molar-refractivity contribution in [1.29, 1.82) is 5.26 Å². The molecule has 0 fully saturated rings. The summed E-state index contributed by atoms with van der Waals surface area (Å²) in [7, 11) is 0. The van der Waals surface area contributed by atoms with Crippen LogP contribution in [-0.2, 0) is 22.4 Å². The van der Waals surface area contributed by atoms with E-state index < -0.39 is 23.7 Å². The smallest absolute Gasteiger partial charge is 0.326 e. The molecule has 0 aliphatic heterocycles. The Morgan fingerprint density at radius 1 is 1.17 bits per heavy atom. The Kier molecular flexibility index (Phi) is 5.63. The van der Waals surface area contributed by atoms with Crippen LogP contribution in [0, 0.1) is 17.1 Å². The van der Waals surface area contributed by atoms with E-state index in [0.29, 0.717) is 16.7 Å². The zero-order valence-electron chi connectivity index (χ0n) is 12.7. The Morgan fingerprint density at radius 3 is 2.46 bits per heavy atom. The number of carbonyl (C=O) groups excluding carboxylic acids is 1. The van der Waals surface area contributed by atoms with Crippen LogP contribution in [-0.4, -0.2) is 23.0 Å². The second-order valence-corrected chi connectivity index (χ2v) is 5.28. The maximum atomic E-state index is 13.1. The summed E-state index contributed by atoms with van der Waals surface area (Å²) in [4.78, 5) is 23.3. The molecule has 0 radical (unpaired) electrons. The van der Waals surface area contributed by atoms with Crippen molar-refractivity contribution in [2.24, 2.45) is 0 Å². The topological polar surface area (TPSA) is 90.2 Å². The number of nitrogens with one attached hydrogen (secondary N) is 1.